The molecule has 0 saturated carbocycles. The van der Waals surface area contributed by atoms with Gasteiger partial charge in [0.05, 0.1) is 17.4 Å². The summed E-state index contributed by atoms with van der Waals surface area (Å²) in [5.74, 6) is 0.579. The summed E-state index contributed by atoms with van der Waals surface area (Å²) in [5, 5.41) is 3.07. The van der Waals surface area contributed by atoms with Crippen LogP contribution in [0.5, 0.6) is 5.75 Å². The number of pyridine rings is 1. The minimum Gasteiger partial charge on any atom is -0.496 e. The molecule has 1 atom stereocenters. The van der Waals surface area contributed by atoms with Crippen molar-refractivity contribution in [1.29, 1.82) is 0 Å². The lowest BCUT2D eigenvalue weighted by Crippen LogP contribution is -2.30. The van der Waals surface area contributed by atoms with Gasteiger partial charge in [-0.05, 0) is 25.1 Å². The van der Waals surface area contributed by atoms with Crippen molar-refractivity contribution >= 4 is 27.7 Å². The number of aromatic nitrogens is 1. The first-order chi connectivity index (χ1) is 12.8. The maximum absolute atomic E-state index is 12.3. The van der Waals surface area contributed by atoms with E-state index in [0.717, 1.165) is 15.6 Å². The van der Waals surface area contributed by atoms with Crippen molar-refractivity contribution in [1.82, 2.24) is 14.6 Å². The van der Waals surface area contributed by atoms with E-state index >= 15 is 0 Å². The minimum atomic E-state index is -3.51. The Morgan fingerprint density at radius 2 is 1.96 bits per heavy atom. The number of rotatable bonds is 8. The van der Waals surface area contributed by atoms with Gasteiger partial charge in [-0.3, -0.25) is 4.79 Å². The molecule has 0 spiro atoms. The van der Waals surface area contributed by atoms with E-state index < -0.39 is 10.0 Å². The first kappa shape index (κ1) is 21.2. The number of amides is 1. The zero-order valence-corrected chi connectivity index (χ0v) is 17.3. The van der Waals surface area contributed by atoms with E-state index in [2.05, 4.69) is 10.3 Å². The van der Waals surface area contributed by atoms with Gasteiger partial charge in [0.25, 0.3) is 0 Å². The predicted octanol–water partition coefficient (Wildman–Crippen LogP) is 2.14. The van der Waals surface area contributed by atoms with E-state index in [1.807, 2.05) is 24.3 Å². The molecule has 0 aliphatic rings. The molecule has 1 N–H and O–H groups in total. The first-order valence-corrected chi connectivity index (χ1v) is 10.5. The van der Waals surface area contributed by atoms with Crippen LogP contribution in [-0.4, -0.2) is 50.1 Å². The van der Waals surface area contributed by atoms with E-state index in [1.54, 1.807) is 20.1 Å². The second-order valence-electron chi connectivity index (χ2n) is 5.91. The summed E-state index contributed by atoms with van der Waals surface area (Å²) in [7, 11) is 1.00. The molecule has 1 heterocycles. The number of nitrogens with zero attached hydrogens (tertiary/aromatic N) is 2. The highest BCUT2D eigenvalue weighted by atomic mass is 32.2. The van der Waals surface area contributed by atoms with E-state index in [9.17, 15) is 13.2 Å². The third kappa shape index (κ3) is 5.44. The van der Waals surface area contributed by atoms with Gasteiger partial charge in [-0.2, -0.15) is 0 Å². The van der Waals surface area contributed by atoms with Crippen molar-refractivity contribution in [2.45, 2.75) is 28.6 Å². The molecule has 27 heavy (non-hydrogen) atoms. The fourth-order valence-electron chi connectivity index (χ4n) is 2.21. The van der Waals surface area contributed by atoms with Crippen LogP contribution in [0.25, 0.3) is 0 Å². The van der Waals surface area contributed by atoms with Gasteiger partial charge >= 0.3 is 0 Å². The van der Waals surface area contributed by atoms with E-state index in [4.69, 9.17) is 4.74 Å². The van der Waals surface area contributed by atoms with Gasteiger partial charge in [-0.1, -0.05) is 30.0 Å². The molecule has 1 amide bonds. The average molecular weight is 410 g/mol. The number of sulfonamides is 1. The molecule has 9 heteroatoms. The lowest BCUT2D eigenvalue weighted by molar-refractivity contribution is -0.120. The molecule has 146 valence electrons. The summed E-state index contributed by atoms with van der Waals surface area (Å²) in [6.07, 6.45) is 1.30. The minimum absolute atomic E-state index is 0.116. The van der Waals surface area contributed by atoms with Crippen LogP contribution in [0.3, 0.4) is 0 Å². The molecular weight excluding hydrogens is 386 g/mol. The number of para-hydroxylation sites is 1. The third-order valence-corrected chi connectivity index (χ3v) is 6.65. The number of hydrogen-bond donors (Lipinski definition) is 1. The molecule has 2 aromatic rings. The first-order valence-electron chi connectivity index (χ1n) is 8.20. The summed E-state index contributed by atoms with van der Waals surface area (Å²) >= 11 is 1.26. The van der Waals surface area contributed by atoms with Gasteiger partial charge in [-0.25, -0.2) is 17.7 Å². The third-order valence-electron chi connectivity index (χ3n) is 3.80. The maximum atomic E-state index is 12.3. The quantitative estimate of drug-likeness (QED) is 0.672. The number of carbonyl (C=O) groups is 1. The van der Waals surface area contributed by atoms with Gasteiger partial charge in [0, 0.05) is 32.4 Å². The SMILES string of the molecule is COc1ccccc1CNC(=O)[C@H](C)Sc1ccc(S(=O)(=O)N(C)C)cn1. The van der Waals surface area contributed by atoms with Crippen molar-refractivity contribution < 1.29 is 17.9 Å². The summed E-state index contributed by atoms with van der Waals surface area (Å²) < 4.78 is 30.5. The number of nitrogens with one attached hydrogen (secondary N) is 1. The van der Waals surface area contributed by atoms with Gasteiger partial charge in [-0.15, -0.1) is 0 Å². The highest BCUT2D eigenvalue weighted by molar-refractivity contribution is 8.00. The van der Waals surface area contributed by atoms with Crippen LogP contribution in [0, 0.1) is 0 Å². The Hall–Kier alpha value is -2.10. The fraction of sp³-hybridized carbons (Fsp3) is 0.333. The number of carbonyl (C=O) groups excluding carboxylic acids is 1. The highest BCUT2D eigenvalue weighted by Crippen LogP contribution is 2.23. The molecule has 0 bridgehead atoms. The molecule has 0 aliphatic carbocycles. The summed E-state index contributed by atoms with van der Waals surface area (Å²) in [5.41, 5.74) is 0.891. The van der Waals surface area contributed by atoms with Crippen LogP contribution in [-0.2, 0) is 21.4 Å². The maximum Gasteiger partial charge on any atom is 0.244 e. The van der Waals surface area contributed by atoms with Crippen molar-refractivity contribution in [2.24, 2.45) is 0 Å². The zero-order chi connectivity index (χ0) is 20.0. The summed E-state index contributed by atoms with van der Waals surface area (Å²) in [6, 6.07) is 10.6. The molecular formula is C18H23N3O4S2. The van der Waals surface area contributed by atoms with Crippen LogP contribution < -0.4 is 10.1 Å². The fourth-order valence-corrected chi connectivity index (χ4v) is 3.87. The largest absolute Gasteiger partial charge is 0.496 e. The molecule has 0 aliphatic heterocycles. The molecule has 2 rings (SSSR count). The Labute approximate surface area is 164 Å². The second kappa shape index (κ2) is 9.20. The Balaban J connectivity index is 1.96. The standard InChI is InChI=1S/C18H23N3O4S2/c1-13(18(22)20-11-14-7-5-6-8-16(14)25-4)26-17-10-9-15(12-19-17)27(23,24)21(2)3/h5-10,12-13H,11H2,1-4H3,(H,20,22)/t13-/m0/s1. The van der Waals surface area contributed by atoms with Crippen LogP contribution in [0.4, 0.5) is 0 Å². The monoisotopic (exact) mass is 409 g/mol. The van der Waals surface area contributed by atoms with Gasteiger partial charge in [0.1, 0.15) is 10.6 Å². The van der Waals surface area contributed by atoms with Crippen molar-refractivity contribution in [3.05, 3.63) is 48.2 Å². The number of hydrogen-bond acceptors (Lipinski definition) is 6. The Morgan fingerprint density at radius 1 is 1.26 bits per heavy atom. The van der Waals surface area contributed by atoms with E-state index in [1.165, 1.54) is 38.1 Å². The Morgan fingerprint density at radius 3 is 2.56 bits per heavy atom. The number of ether oxygens (including phenoxy) is 1. The second-order valence-corrected chi connectivity index (χ2v) is 9.42. The average Bonchev–Trinajstić information content (AvgIpc) is 2.66. The van der Waals surface area contributed by atoms with Crippen LogP contribution in [0.15, 0.2) is 52.5 Å². The molecule has 0 saturated heterocycles. The van der Waals surface area contributed by atoms with Gasteiger partial charge in [0.2, 0.25) is 15.9 Å². The number of methoxy groups -OCH3 is 1. The molecule has 0 fully saturated rings. The predicted molar refractivity (Wildman–Crippen MR) is 105 cm³/mol. The molecule has 0 unspecified atom stereocenters. The van der Waals surface area contributed by atoms with Crippen LogP contribution >= 0.6 is 11.8 Å². The molecule has 7 nitrogen and oxygen atoms in total. The normalized spacial score (nSPS) is 12.6. The molecule has 0 radical (unpaired) electrons. The van der Waals surface area contributed by atoms with Gasteiger partial charge in [0.15, 0.2) is 0 Å². The molecule has 1 aromatic heterocycles. The highest BCUT2D eigenvalue weighted by Gasteiger charge is 2.19. The van der Waals surface area contributed by atoms with Gasteiger partial charge < -0.3 is 10.1 Å². The van der Waals surface area contributed by atoms with E-state index in [-0.39, 0.29) is 16.1 Å². The van der Waals surface area contributed by atoms with Crippen LogP contribution in [0.2, 0.25) is 0 Å². The summed E-state index contributed by atoms with van der Waals surface area (Å²) in [4.78, 5) is 16.6. The van der Waals surface area contributed by atoms with E-state index in [0.29, 0.717) is 11.6 Å². The molecule has 1 aromatic carbocycles. The lowest BCUT2D eigenvalue weighted by Gasteiger charge is -2.14. The smallest absolute Gasteiger partial charge is 0.244 e. The van der Waals surface area contributed by atoms with Crippen molar-refractivity contribution in [3.8, 4) is 5.75 Å². The van der Waals surface area contributed by atoms with Crippen molar-refractivity contribution in [3.63, 3.8) is 0 Å². The topological polar surface area (TPSA) is 88.6 Å². The van der Waals surface area contributed by atoms with Crippen molar-refractivity contribution in [2.75, 3.05) is 21.2 Å². The Bertz CT molecular complexity index is 884. The Kier molecular flexibility index (Phi) is 7.23. The zero-order valence-electron chi connectivity index (χ0n) is 15.7. The van der Waals surface area contributed by atoms with Crippen LogP contribution in [0.1, 0.15) is 12.5 Å². The summed E-state index contributed by atoms with van der Waals surface area (Å²) in [6.45, 7) is 2.13. The lowest BCUT2D eigenvalue weighted by atomic mass is 10.2. The number of thioether (sulfide) groups is 1. The number of benzene rings is 1.